The molecule has 0 unspecified atom stereocenters. The fourth-order valence-corrected chi connectivity index (χ4v) is 2.80. The van der Waals surface area contributed by atoms with Crippen molar-refractivity contribution in [2.45, 2.75) is 25.1 Å². The number of anilines is 2. The highest BCUT2D eigenvalue weighted by Gasteiger charge is 2.31. The van der Waals surface area contributed by atoms with Gasteiger partial charge in [0.2, 0.25) is 0 Å². The maximum absolute atomic E-state index is 12.6. The molecule has 1 N–H and O–H groups in total. The molecule has 0 spiro atoms. The first kappa shape index (κ1) is 17.0. The van der Waals surface area contributed by atoms with E-state index in [1.807, 2.05) is 4.90 Å². The number of nitriles is 1. The SMILES string of the molecule is N#Cc1cccnc1NC1CCN(c2ccc(C(F)(F)F)cn2)CC1. The van der Waals surface area contributed by atoms with Gasteiger partial charge in [-0.3, -0.25) is 0 Å². The first-order chi connectivity index (χ1) is 12.0. The van der Waals surface area contributed by atoms with Gasteiger partial charge in [-0.2, -0.15) is 18.4 Å². The summed E-state index contributed by atoms with van der Waals surface area (Å²) in [7, 11) is 0. The van der Waals surface area contributed by atoms with Gasteiger partial charge in [-0.1, -0.05) is 0 Å². The molecule has 0 aliphatic carbocycles. The lowest BCUT2D eigenvalue weighted by Gasteiger charge is -2.33. The summed E-state index contributed by atoms with van der Waals surface area (Å²) in [6.45, 7) is 1.34. The van der Waals surface area contributed by atoms with E-state index in [-0.39, 0.29) is 6.04 Å². The first-order valence-corrected chi connectivity index (χ1v) is 7.87. The number of piperidine rings is 1. The molecule has 0 atom stereocenters. The Kier molecular flexibility index (Phi) is 4.74. The molecule has 1 fully saturated rings. The van der Waals surface area contributed by atoms with E-state index < -0.39 is 11.7 Å². The van der Waals surface area contributed by atoms with Crippen LogP contribution in [0.1, 0.15) is 24.0 Å². The average Bonchev–Trinajstić information content (AvgIpc) is 2.62. The minimum atomic E-state index is -4.37. The summed E-state index contributed by atoms with van der Waals surface area (Å²) in [6, 6.07) is 8.14. The van der Waals surface area contributed by atoms with E-state index in [1.54, 1.807) is 18.3 Å². The molecule has 2 aromatic rings. The Morgan fingerprint density at radius 3 is 2.52 bits per heavy atom. The van der Waals surface area contributed by atoms with Gasteiger partial charge in [0.15, 0.2) is 0 Å². The van der Waals surface area contributed by atoms with Crippen LogP contribution in [0.4, 0.5) is 24.8 Å². The highest BCUT2D eigenvalue weighted by Crippen LogP contribution is 2.30. The van der Waals surface area contributed by atoms with E-state index >= 15 is 0 Å². The standard InChI is InChI=1S/C17H16F3N5/c18-17(19,20)13-3-4-15(23-11-13)25-8-5-14(6-9-25)24-16-12(10-21)2-1-7-22-16/h1-4,7,11,14H,5-6,8-9H2,(H,22,24). The van der Waals surface area contributed by atoms with Crippen LogP contribution >= 0.6 is 0 Å². The highest BCUT2D eigenvalue weighted by atomic mass is 19.4. The van der Waals surface area contributed by atoms with E-state index in [0.717, 1.165) is 25.1 Å². The minimum absolute atomic E-state index is 0.160. The number of hydrogen-bond donors (Lipinski definition) is 1. The van der Waals surface area contributed by atoms with Crippen LogP contribution in [0.5, 0.6) is 0 Å². The van der Waals surface area contributed by atoms with Crippen LogP contribution in [0, 0.1) is 11.3 Å². The second-order valence-corrected chi connectivity index (χ2v) is 5.82. The summed E-state index contributed by atoms with van der Waals surface area (Å²) in [6.07, 6.45) is -0.310. The molecule has 25 heavy (non-hydrogen) atoms. The summed E-state index contributed by atoms with van der Waals surface area (Å²) >= 11 is 0. The minimum Gasteiger partial charge on any atom is -0.366 e. The van der Waals surface area contributed by atoms with Gasteiger partial charge in [0, 0.05) is 31.5 Å². The van der Waals surface area contributed by atoms with E-state index in [4.69, 9.17) is 5.26 Å². The summed E-state index contributed by atoms with van der Waals surface area (Å²) in [5.74, 6) is 1.11. The normalized spacial score (nSPS) is 15.7. The number of nitrogens with zero attached hydrogens (tertiary/aromatic N) is 4. The van der Waals surface area contributed by atoms with E-state index in [0.29, 0.717) is 30.3 Å². The van der Waals surface area contributed by atoms with Crippen LogP contribution in [-0.4, -0.2) is 29.1 Å². The smallest absolute Gasteiger partial charge is 0.366 e. The molecule has 0 amide bonds. The van der Waals surface area contributed by atoms with Crippen molar-refractivity contribution < 1.29 is 13.2 Å². The zero-order valence-electron chi connectivity index (χ0n) is 13.3. The molecular weight excluding hydrogens is 331 g/mol. The summed E-state index contributed by atoms with van der Waals surface area (Å²) < 4.78 is 37.8. The third-order valence-corrected chi connectivity index (χ3v) is 4.16. The van der Waals surface area contributed by atoms with Crippen molar-refractivity contribution in [3.05, 3.63) is 47.8 Å². The van der Waals surface area contributed by atoms with Crippen molar-refractivity contribution in [1.82, 2.24) is 9.97 Å². The number of halogens is 3. The van der Waals surface area contributed by atoms with E-state index in [9.17, 15) is 13.2 Å². The lowest BCUT2D eigenvalue weighted by Crippen LogP contribution is -2.39. The Bertz CT molecular complexity index is 759. The molecule has 1 aliphatic heterocycles. The van der Waals surface area contributed by atoms with Crippen LogP contribution in [0.15, 0.2) is 36.7 Å². The Morgan fingerprint density at radius 1 is 1.16 bits per heavy atom. The lowest BCUT2D eigenvalue weighted by atomic mass is 10.0. The van der Waals surface area contributed by atoms with Crippen LogP contribution in [0.2, 0.25) is 0 Å². The monoisotopic (exact) mass is 347 g/mol. The second-order valence-electron chi connectivity index (χ2n) is 5.82. The molecule has 8 heteroatoms. The summed E-state index contributed by atoms with van der Waals surface area (Å²) in [5.41, 5.74) is -0.249. The number of alkyl halides is 3. The lowest BCUT2D eigenvalue weighted by molar-refractivity contribution is -0.137. The van der Waals surface area contributed by atoms with Gasteiger partial charge in [0.05, 0.1) is 11.1 Å². The number of rotatable bonds is 3. The first-order valence-electron chi connectivity index (χ1n) is 7.87. The molecule has 1 saturated heterocycles. The zero-order chi connectivity index (χ0) is 17.9. The maximum atomic E-state index is 12.6. The number of hydrogen-bond acceptors (Lipinski definition) is 5. The van der Waals surface area contributed by atoms with E-state index in [1.165, 1.54) is 6.07 Å². The molecule has 0 aromatic carbocycles. The van der Waals surface area contributed by atoms with Gasteiger partial charge in [-0.25, -0.2) is 9.97 Å². The Balaban J connectivity index is 1.59. The van der Waals surface area contributed by atoms with Crippen molar-refractivity contribution >= 4 is 11.6 Å². The molecule has 1 aliphatic rings. The van der Waals surface area contributed by atoms with Crippen molar-refractivity contribution in [1.29, 1.82) is 5.26 Å². The van der Waals surface area contributed by atoms with Gasteiger partial charge in [0.1, 0.15) is 17.7 Å². The van der Waals surface area contributed by atoms with Crippen LogP contribution in [-0.2, 0) is 6.18 Å². The average molecular weight is 347 g/mol. The van der Waals surface area contributed by atoms with Gasteiger partial charge < -0.3 is 10.2 Å². The van der Waals surface area contributed by atoms with Crippen molar-refractivity contribution in [2.75, 3.05) is 23.3 Å². The molecule has 0 radical (unpaired) electrons. The molecule has 130 valence electrons. The number of pyridine rings is 2. The van der Waals surface area contributed by atoms with Crippen LogP contribution < -0.4 is 10.2 Å². The molecule has 5 nitrogen and oxygen atoms in total. The largest absolute Gasteiger partial charge is 0.417 e. The Hall–Kier alpha value is -2.82. The van der Waals surface area contributed by atoms with Gasteiger partial charge in [0.25, 0.3) is 0 Å². The predicted octanol–water partition coefficient (Wildman–Crippen LogP) is 3.45. The van der Waals surface area contributed by atoms with Gasteiger partial charge >= 0.3 is 6.18 Å². The molecular formula is C17H16F3N5. The topological polar surface area (TPSA) is 64.8 Å². The Labute approximate surface area is 143 Å². The molecule has 3 heterocycles. The van der Waals surface area contributed by atoms with Crippen LogP contribution in [0.3, 0.4) is 0 Å². The number of nitrogens with one attached hydrogen (secondary N) is 1. The Morgan fingerprint density at radius 2 is 1.92 bits per heavy atom. The fraction of sp³-hybridized carbons (Fsp3) is 0.353. The maximum Gasteiger partial charge on any atom is 0.417 e. The third-order valence-electron chi connectivity index (χ3n) is 4.16. The van der Waals surface area contributed by atoms with Crippen LogP contribution in [0.25, 0.3) is 0 Å². The molecule has 0 saturated carbocycles. The summed E-state index contributed by atoms with van der Waals surface area (Å²) in [5, 5.41) is 12.4. The summed E-state index contributed by atoms with van der Waals surface area (Å²) in [4.78, 5) is 10.1. The predicted molar refractivity (Wildman–Crippen MR) is 87.0 cm³/mol. The second kappa shape index (κ2) is 6.97. The van der Waals surface area contributed by atoms with Gasteiger partial charge in [-0.05, 0) is 37.1 Å². The van der Waals surface area contributed by atoms with Crippen molar-refractivity contribution in [3.63, 3.8) is 0 Å². The van der Waals surface area contributed by atoms with Crippen molar-refractivity contribution in [3.8, 4) is 6.07 Å². The van der Waals surface area contributed by atoms with E-state index in [2.05, 4.69) is 21.4 Å². The molecule has 2 aromatic heterocycles. The molecule has 0 bridgehead atoms. The highest BCUT2D eigenvalue weighted by molar-refractivity contribution is 5.52. The third kappa shape index (κ3) is 3.99. The molecule has 3 rings (SSSR count). The van der Waals surface area contributed by atoms with Crippen molar-refractivity contribution in [2.24, 2.45) is 0 Å². The zero-order valence-corrected chi connectivity index (χ0v) is 13.3. The fourth-order valence-electron chi connectivity index (χ4n) is 2.80. The quantitative estimate of drug-likeness (QED) is 0.921. The van der Waals surface area contributed by atoms with Gasteiger partial charge in [-0.15, -0.1) is 0 Å². The number of aromatic nitrogens is 2.